The highest BCUT2D eigenvalue weighted by Gasteiger charge is 2.17. The summed E-state index contributed by atoms with van der Waals surface area (Å²) in [5.41, 5.74) is 4.17. The molecular formula is C16H22BrNO. The molecule has 19 heavy (non-hydrogen) atoms. The van der Waals surface area contributed by atoms with Crippen molar-refractivity contribution in [1.29, 1.82) is 0 Å². The van der Waals surface area contributed by atoms with Crippen molar-refractivity contribution >= 4 is 21.8 Å². The van der Waals surface area contributed by atoms with Gasteiger partial charge >= 0.3 is 0 Å². The molecule has 0 spiro atoms. The van der Waals surface area contributed by atoms with E-state index in [1.165, 1.54) is 42.4 Å². The van der Waals surface area contributed by atoms with Crippen molar-refractivity contribution in [2.75, 3.05) is 0 Å². The summed E-state index contributed by atoms with van der Waals surface area (Å²) >= 11 is 3.39. The van der Waals surface area contributed by atoms with E-state index < -0.39 is 0 Å². The summed E-state index contributed by atoms with van der Waals surface area (Å²) in [5.74, 6) is 0.0766. The van der Waals surface area contributed by atoms with Crippen LogP contribution in [0.3, 0.4) is 0 Å². The quantitative estimate of drug-likeness (QED) is 0.836. The largest absolute Gasteiger partial charge is 0.349 e. The Balaban J connectivity index is 2.07. The van der Waals surface area contributed by atoms with E-state index in [1.54, 1.807) is 0 Å². The molecule has 1 N–H and O–H groups in total. The fraction of sp³-hybridized carbons (Fsp3) is 0.562. The van der Waals surface area contributed by atoms with Gasteiger partial charge < -0.3 is 5.32 Å². The van der Waals surface area contributed by atoms with E-state index in [-0.39, 0.29) is 16.8 Å². The van der Waals surface area contributed by atoms with Crippen molar-refractivity contribution in [1.82, 2.24) is 5.32 Å². The lowest BCUT2D eigenvalue weighted by molar-refractivity contribution is -0.121. The molecule has 0 aliphatic heterocycles. The van der Waals surface area contributed by atoms with Crippen molar-refractivity contribution in [3.8, 4) is 0 Å². The van der Waals surface area contributed by atoms with Crippen LogP contribution in [0.1, 0.15) is 55.8 Å². The maximum absolute atomic E-state index is 11.9. The average molecular weight is 324 g/mol. The van der Waals surface area contributed by atoms with E-state index in [9.17, 15) is 4.79 Å². The number of hydrogen-bond donors (Lipinski definition) is 1. The molecule has 1 aliphatic carbocycles. The second kappa shape index (κ2) is 6.56. The Morgan fingerprint density at radius 2 is 2.00 bits per heavy atom. The number of alkyl halides is 1. The molecule has 1 aromatic carbocycles. The third-order valence-electron chi connectivity index (χ3n) is 3.87. The molecule has 2 rings (SSSR count). The van der Waals surface area contributed by atoms with Gasteiger partial charge in [0.05, 0.1) is 10.9 Å². The van der Waals surface area contributed by atoms with Gasteiger partial charge in [-0.3, -0.25) is 4.79 Å². The highest BCUT2D eigenvalue weighted by atomic mass is 79.9. The lowest BCUT2D eigenvalue weighted by Gasteiger charge is -2.20. The first-order chi connectivity index (χ1) is 9.11. The van der Waals surface area contributed by atoms with Crippen molar-refractivity contribution < 1.29 is 4.79 Å². The van der Waals surface area contributed by atoms with Gasteiger partial charge in [0.25, 0.3) is 0 Å². The first-order valence-electron chi connectivity index (χ1n) is 7.18. The van der Waals surface area contributed by atoms with Crippen molar-refractivity contribution in [3.05, 3.63) is 34.9 Å². The summed E-state index contributed by atoms with van der Waals surface area (Å²) in [6.07, 6.45) is 5.79. The molecule has 1 aromatic rings. The van der Waals surface area contributed by atoms with Gasteiger partial charge in [0.1, 0.15) is 0 Å². The molecule has 0 saturated carbocycles. The Bertz CT molecular complexity index is 458. The van der Waals surface area contributed by atoms with Crippen LogP contribution >= 0.6 is 15.9 Å². The lowest BCUT2D eigenvalue weighted by Crippen LogP contribution is -2.32. The molecule has 0 saturated heterocycles. The molecule has 1 aliphatic rings. The number of amides is 1. The second-order valence-corrected chi connectivity index (χ2v) is 6.45. The summed E-state index contributed by atoms with van der Waals surface area (Å²) in [5, 5.41) is 3.07. The van der Waals surface area contributed by atoms with Gasteiger partial charge in [-0.15, -0.1) is 0 Å². The highest BCUT2D eigenvalue weighted by Crippen LogP contribution is 2.25. The fourth-order valence-electron chi connectivity index (χ4n) is 2.60. The predicted octanol–water partition coefficient (Wildman–Crippen LogP) is 3.92. The maximum atomic E-state index is 11.9. The number of hydrogen-bond acceptors (Lipinski definition) is 1. The third-order valence-corrected chi connectivity index (χ3v) is 4.94. The molecular weight excluding hydrogens is 302 g/mol. The van der Waals surface area contributed by atoms with Crippen LogP contribution in [0.15, 0.2) is 18.2 Å². The normalized spacial score (nSPS) is 17.4. The molecule has 3 heteroatoms. The molecule has 0 bridgehead atoms. The van der Waals surface area contributed by atoms with Crippen LogP contribution in [0.2, 0.25) is 0 Å². The SMILES string of the molecule is CCC(Br)C(=O)NC(C)c1ccc2c(c1)CCCC2. The van der Waals surface area contributed by atoms with E-state index >= 15 is 0 Å². The average Bonchev–Trinajstić information content (AvgIpc) is 2.45. The second-order valence-electron chi connectivity index (χ2n) is 5.34. The van der Waals surface area contributed by atoms with Gasteiger partial charge in [-0.25, -0.2) is 0 Å². The summed E-state index contributed by atoms with van der Waals surface area (Å²) in [6.45, 7) is 4.06. The van der Waals surface area contributed by atoms with Crippen molar-refractivity contribution in [2.24, 2.45) is 0 Å². The van der Waals surface area contributed by atoms with Crippen LogP contribution < -0.4 is 5.32 Å². The zero-order valence-corrected chi connectivity index (χ0v) is 13.3. The Hall–Kier alpha value is -0.830. The predicted molar refractivity (Wildman–Crippen MR) is 82.6 cm³/mol. The molecule has 2 nitrogen and oxygen atoms in total. The van der Waals surface area contributed by atoms with Gasteiger partial charge in [-0.05, 0) is 55.7 Å². The number of nitrogens with one attached hydrogen (secondary N) is 1. The molecule has 0 radical (unpaired) electrons. The van der Waals surface area contributed by atoms with Crippen LogP contribution in [0, 0.1) is 0 Å². The summed E-state index contributed by atoms with van der Waals surface area (Å²) < 4.78 is 0. The number of halogens is 1. The number of benzene rings is 1. The molecule has 2 unspecified atom stereocenters. The molecule has 0 aromatic heterocycles. The first-order valence-corrected chi connectivity index (χ1v) is 8.09. The molecule has 2 atom stereocenters. The van der Waals surface area contributed by atoms with Gasteiger partial charge in [-0.1, -0.05) is 41.1 Å². The van der Waals surface area contributed by atoms with E-state index in [0.29, 0.717) is 0 Å². The maximum Gasteiger partial charge on any atom is 0.234 e. The fourth-order valence-corrected chi connectivity index (χ4v) is 2.73. The standard InChI is InChI=1S/C16H22BrNO/c1-3-15(17)16(19)18-11(2)13-9-8-12-6-4-5-7-14(12)10-13/h8-11,15H,3-7H2,1-2H3,(H,18,19). The molecule has 0 fully saturated rings. The number of carbonyl (C=O) groups excluding carboxylic acids is 1. The Labute approximate surface area is 124 Å². The minimum atomic E-state index is -0.0902. The Morgan fingerprint density at radius 3 is 2.68 bits per heavy atom. The van der Waals surface area contributed by atoms with Gasteiger partial charge in [0, 0.05) is 0 Å². The topological polar surface area (TPSA) is 29.1 Å². The zero-order valence-electron chi connectivity index (χ0n) is 11.7. The van der Waals surface area contributed by atoms with E-state index in [1.807, 2.05) is 6.92 Å². The number of carbonyl (C=O) groups is 1. The summed E-state index contributed by atoms with van der Waals surface area (Å²) in [7, 11) is 0. The number of rotatable bonds is 4. The Morgan fingerprint density at radius 1 is 1.32 bits per heavy atom. The van der Waals surface area contributed by atoms with Gasteiger partial charge in [0.2, 0.25) is 5.91 Å². The van der Waals surface area contributed by atoms with Crippen LogP contribution in [-0.4, -0.2) is 10.7 Å². The monoisotopic (exact) mass is 323 g/mol. The van der Waals surface area contributed by atoms with Crippen LogP contribution in [0.4, 0.5) is 0 Å². The number of aryl methyl sites for hydroxylation is 2. The van der Waals surface area contributed by atoms with Crippen LogP contribution in [0.5, 0.6) is 0 Å². The minimum Gasteiger partial charge on any atom is -0.349 e. The first kappa shape index (κ1) is 14.6. The van der Waals surface area contributed by atoms with E-state index in [0.717, 1.165) is 6.42 Å². The molecule has 104 valence electrons. The zero-order chi connectivity index (χ0) is 13.8. The summed E-state index contributed by atoms with van der Waals surface area (Å²) in [6, 6.07) is 6.74. The van der Waals surface area contributed by atoms with Gasteiger partial charge in [-0.2, -0.15) is 0 Å². The Kier molecular flexibility index (Phi) is 5.03. The smallest absolute Gasteiger partial charge is 0.234 e. The van der Waals surface area contributed by atoms with Crippen LogP contribution in [0.25, 0.3) is 0 Å². The number of fused-ring (bicyclic) bond motifs is 1. The van der Waals surface area contributed by atoms with E-state index in [4.69, 9.17) is 0 Å². The highest BCUT2D eigenvalue weighted by molar-refractivity contribution is 9.10. The summed E-state index contributed by atoms with van der Waals surface area (Å²) in [4.78, 5) is 11.8. The van der Waals surface area contributed by atoms with Crippen LogP contribution in [-0.2, 0) is 17.6 Å². The van der Waals surface area contributed by atoms with Gasteiger partial charge in [0.15, 0.2) is 0 Å². The minimum absolute atomic E-state index is 0.0753. The lowest BCUT2D eigenvalue weighted by atomic mass is 9.89. The van der Waals surface area contributed by atoms with Crippen molar-refractivity contribution in [3.63, 3.8) is 0 Å². The van der Waals surface area contributed by atoms with E-state index in [2.05, 4.69) is 46.4 Å². The molecule has 0 heterocycles. The molecule has 1 amide bonds. The van der Waals surface area contributed by atoms with Crippen molar-refractivity contribution in [2.45, 2.75) is 56.8 Å². The third kappa shape index (κ3) is 3.59.